The molecule has 2 aromatic carbocycles. The third-order valence-corrected chi connectivity index (χ3v) is 3.41. The van der Waals surface area contributed by atoms with Gasteiger partial charge in [0.25, 0.3) is 0 Å². The zero-order valence-corrected chi connectivity index (χ0v) is 11.8. The van der Waals surface area contributed by atoms with Gasteiger partial charge < -0.3 is 10.5 Å². The summed E-state index contributed by atoms with van der Waals surface area (Å²) in [7, 11) is 0. The highest BCUT2D eigenvalue weighted by molar-refractivity contribution is 6.25. The molecule has 2 aromatic rings. The van der Waals surface area contributed by atoms with E-state index in [4.69, 9.17) is 22.1 Å². The number of nitrogens with two attached hydrogens (primary N) is 1. The Labute approximate surface area is 118 Å². The maximum atomic E-state index is 5.84. The fourth-order valence-electron chi connectivity index (χ4n) is 2.08. The Morgan fingerprint density at radius 2 is 2.05 bits per heavy atom. The van der Waals surface area contributed by atoms with Crippen molar-refractivity contribution in [3.63, 3.8) is 0 Å². The largest absolute Gasteiger partial charge is 0.489 e. The Morgan fingerprint density at radius 3 is 2.79 bits per heavy atom. The van der Waals surface area contributed by atoms with Crippen LogP contribution in [0, 0.1) is 0 Å². The Hall–Kier alpha value is -1.51. The van der Waals surface area contributed by atoms with E-state index in [0.717, 1.165) is 17.7 Å². The zero-order chi connectivity index (χ0) is 13.7. The number of hydrogen-bond acceptors (Lipinski definition) is 2. The molecule has 0 unspecified atom stereocenters. The second-order valence-corrected chi connectivity index (χ2v) is 4.76. The predicted octanol–water partition coefficient (Wildman–Crippen LogP) is 3.86. The number of hydrogen-bond donors (Lipinski definition) is 1. The fourth-order valence-corrected chi connectivity index (χ4v) is 2.14. The molecular formula is C16H18ClNO. The molecule has 2 rings (SSSR count). The molecule has 3 heteroatoms. The van der Waals surface area contributed by atoms with Crippen molar-refractivity contribution in [3.05, 3.63) is 53.1 Å². The van der Waals surface area contributed by atoms with Gasteiger partial charge in [0, 0.05) is 11.1 Å². The normalized spacial score (nSPS) is 11.8. The minimum atomic E-state index is 0.499. The highest BCUT2D eigenvalue weighted by Crippen LogP contribution is 2.28. The number of ether oxygens (including phenoxy) is 1. The minimum Gasteiger partial charge on any atom is -0.489 e. The summed E-state index contributed by atoms with van der Waals surface area (Å²) in [6.07, 6.45) is 0.806. The third kappa shape index (κ3) is 3.28. The molecule has 0 radical (unpaired) electrons. The van der Waals surface area contributed by atoms with E-state index in [1.165, 1.54) is 16.3 Å². The Bertz CT molecular complexity index is 592. The number of halogens is 1. The first-order valence-corrected chi connectivity index (χ1v) is 6.79. The number of benzene rings is 2. The smallest absolute Gasteiger partial charge is 0.123 e. The SMILES string of the molecule is C/C(=C/Cl)COc1ccc2ccccc2c1CCN. The lowest BCUT2D eigenvalue weighted by atomic mass is 10.0. The van der Waals surface area contributed by atoms with Gasteiger partial charge in [0.1, 0.15) is 12.4 Å². The van der Waals surface area contributed by atoms with E-state index >= 15 is 0 Å². The molecule has 0 atom stereocenters. The highest BCUT2D eigenvalue weighted by atomic mass is 35.5. The van der Waals surface area contributed by atoms with Gasteiger partial charge in [-0.3, -0.25) is 0 Å². The Balaban J connectivity index is 2.39. The van der Waals surface area contributed by atoms with Crippen LogP contribution in [0.2, 0.25) is 0 Å². The van der Waals surface area contributed by atoms with E-state index in [0.29, 0.717) is 13.2 Å². The van der Waals surface area contributed by atoms with E-state index in [-0.39, 0.29) is 0 Å². The lowest BCUT2D eigenvalue weighted by Gasteiger charge is -2.14. The van der Waals surface area contributed by atoms with Crippen LogP contribution in [0.5, 0.6) is 5.75 Å². The van der Waals surface area contributed by atoms with E-state index in [1.54, 1.807) is 5.54 Å². The molecule has 0 spiro atoms. The van der Waals surface area contributed by atoms with Gasteiger partial charge in [-0.1, -0.05) is 41.9 Å². The molecule has 0 aromatic heterocycles. The van der Waals surface area contributed by atoms with Gasteiger partial charge in [-0.2, -0.15) is 0 Å². The quantitative estimate of drug-likeness (QED) is 0.899. The summed E-state index contributed by atoms with van der Waals surface area (Å²) in [5.74, 6) is 0.891. The van der Waals surface area contributed by atoms with Crippen molar-refractivity contribution in [1.82, 2.24) is 0 Å². The first-order chi connectivity index (χ1) is 9.26. The molecule has 0 fully saturated rings. The van der Waals surface area contributed by atoms with E-state index in [9.17, 15) is 0 Å². The van der Waals surface area contributed by atoms with Crippen molar-refractivity contribution < 1.29 is 4.74 Å². The van der Waals surface area contributed by atoms with Crippen LogP contribution in [0.4, 0.5) is 0 Å². The molecule has 2 N–H and O–H groups in total. The van der Waals surface area contributed by atoms with Crippen molar-refractivity contribution in [2.75, 3.05) is 13.2 Å². The topological polar surface area (TPSA) is 35.2 Å². The maximum absolute atomic E-state index is 5.84. The standard InChI is InChI=1S/C16H18ClNO/c1-12(10-17)11-19-16-7-6-13-4-2-3-5-14(13)15(16)8-9-18/h2-7,10H,8-9,11,18H2,1H3/b12-10-. The Kier molecular flexibility index (Phi) is 4.83. The van der Waals surface area contributed by atoms with Crippen LogP contribution in [0.15, 0.2) is 47.5 Å². The summed E-state index contributed by atoms with van der Waals surface area (Å²) in [5, 5.41) is 2.42. The van der Waals surface area contributed by atoms with Crippen molar-refractivity contribution >= 4 is 22.4 Å². The summed E-state index contributed by atoms with van der Waals surface area (Å²) in [4.78, 5) is 0. The van der Waals surface area contributed by atoms with Crippen molar-refractivity contribution in [2.24, 2.45) is 5.73 Å². The van der Waals surface area contributed by atoms with Crippen LogP contribution in [0.25, 0.3) is 10.8 Å². The van der Waals surface area contributed by atoms with Crippen molar-refractivity contribution in [3.8, 4) is 5.75 Å². The fraction of sp³-hybridized carbons (Fsp3) is 0.250. The predicted molar refractivity (Wildman–Crippen MR) is 81.8 cm³/mol. The second-order valence-electron chi connectivity index (χ2n) is 4.55. The summed E-state index contributed by atoms with van der Waals surface area (Å²) < 4.78 is 5.84. The molecule has 0 aliphatic heterocycles. The van der Waals surface area contributed by atoms with Crippen LogP contribution in [-0.2, 0) is 6.42 Å². The molecule has 0 aliphatic rings. The monoisotopic (exact) mass is 275 g/mol. The average molecular weight is 276 g/mol. The van der Waals surface area contributed by atoms with Gasteiger partial charge in [-0.05, 0) is 42.3 Å². The third-order valence-electron chi connectivity index (χ3n) is 3.03. The molecule has 0 heterocycles. The highest BCUT2D eigenvalue weighted by Gasteiger charge is 2.08. The molecule has 0 saturated carbocycles. The number of fused-ring (bicyclic) bond motifs is 1. The molecular weight excluding hydrogens is 258 g/mol. The summed E-state index contributed by atoms with van der Waals surface area (Å²) in [5.41, 5.74) is 9.42. The molecule has 0 aliphatic carbocycles. The summed E-state index contributed by atoms with van der Waals surface area (Å²) in [6.45, 7) is 3.05. The zero-order valence-electron chi connectivity index (χ0n) is 11.0. The van der Waals surface area contributed by atoms with Gasteiger partial charge in [-0.15, -0.1) is 0 Å². The van der Waals surface area contributed by atoms with Crippen LogP contribution in [-0.4, -0.2) is 13.2 Å². The van der Waals surface area contributed by atoms with Crippen LogP contribution >= 0.6 is 11.6 Å². The first-order valence-electron chi connectivity index (χ1n) is 6.35. The van der Waals surface area contributed by atoms with Gasteiger partial charge in [-0.25, -0.2) is 0 Å². The van der Waals surface area contributed by atoms with E-state index < -0.39 is 0 Å². The first kappa shape index (κ1) is 13.9. The lowest BCUT2D eigenvalue weighted by Crippen LogP contribution is -2.07. The maximum Gasteiger partial charge on any atom is 0.123 e. The van der Waals surface area contributed by atoms with Gasteiger partial charge in [0.15, 0.2) is 0 Å². The van der Waals surface area contributed by atoms with Crippen molar-refractivity contribution in [1.29, 1.82) is 0 Å². The van der Waals surface area contributed by atoms with Crippen LogP contribution in [0.3, 0.4) is 0 Å². The lowest BCUT2D eigenvalue weighted by molar-refractivity contribution is 0.349. The molecule has 19 heavy (non-hydrogen) atoms. The second kappa shape index (κ2) is 6.60. The summed E-state index contributed by atoms with van der Waals surface area (Å²) >= 11 is 5.65. The van der Waals surface area contributed by atoms with Gasteiger partial charge in [0.2, 0.25) is 0 Å². The van der Waals surface area contributed by atoms with Crippen LogP contribution in [0.1, 0.15) is 12.5 Å². The molecule has 100 valence electrons. The van der Waals surface area contributed by atoms with Gasteiger partial charge >= 0.3 is 0 Å². The minimum absolute atomic E-state index is 0.499. The number of rotatable bonds is 5. The van der Waals surface area contributed by atoms with Gasteiger partial charge in [0.05, 0.1) is 0 Å². The molecule has 2 nitrogen and oxygen atoms in total. The molecule has 0 amide bonds. The molecule has 0 bridgehead atoms. The van der Waals surface area contributed by atoms with Crippen LogP contribution < -0.4 is 10.5 Å². The van der Waals surface area contributed by atoms with E-state index in [1.807, 2.05) is 25.1 Å². The van der Waals surface area contributed by atoms with E-state index in [2.05, 4.69) is 18.2 Å². The Morgan fingerprint density at radius 1 is 1.26 bits per heavy atom. The summed E-state index contributed by atoms with van der Waals surface area (Å²) in [6, 6.07) is 12.4. The van der Waals surface area contributed by atoms with Crippen molar-refractivity contribution in [2.45, 2.75) is 13.3 Å². The average Bonchev–Trinajstić information content (AvgIpc) is 2.46. The molecule has 0 saturated heterocycles.